The van der Waals surface area contributed by atoms with Crippen LogP contribution in [0.5, 0.6) is 0 Å². The average Bonchev–Trinajstić information content (AvgIpc) is 2.42. The predicted octanol–water partition coefficient (Wildman–Crippen LogP) is 2.71. The predicted molar refractivity (Wildman–Crippen MR) is 60.7 cm³/mol. The van der Waals surface area contributed by atoms with E-state index in [4.69, 9.17) is 17.0 Å². The summed E-state index contributed by atoms with van der Waals surface area (Å²) < 4.78 is 18.3. The molecule has 0 aliphatic carbocycles. The van der Waals surface area contributed by atoms with E-state index in [-0.39, 0.29) is 5.82 Å². The third-order valence-electron chi connectivity index (χ3n) is 2.16. The first-order valence-electron chi connectivity index (χ1n) is 4.57. The Labute approximate surface area is 92.8 Å². The molecular formula is C11H10FNOS. The van der Waals surface area contributed by atoms with E-state index in [0.29, 0.717) is 10.9 Å². The molecule has 0 aromatic heterocycles. The standard InChI is InChI=1S/C11H10FNOS/c1-11(2)10(15)13-9(14-11)7-3-5-8(12)6-4-7/h3-6H,1-2H3. The van der Waals surface area contributed by atoms with Gasteiger partial charge in [-0.25, -0.2) is 9.38 Å². The van der Waals surface area contributed by atoms with E-state index in [9.17, 15) is 4.39 Å². The Morgan fingerprint density at radius 3 is 2.33 bits per heavy atom. The Bertz CT molecular complexity index is 436. The molecule has 0 atom stereocenters. The Hall–Kier alpha value is -1.29. The highest BCUT2D eigenvalue weighted by atomic mass is 32.1. The molecular weight excluding hydrogens is 213 g/mol. The molecule has 0 saturated heterocycles. The first-order valence-corrected chi connectivity index (χ1v) is 4.98. The van der Waals surface area contributed by atoms with E-state index in [1.165, 1.54) is 12.1 Å². The van der Waals surface area contributed by atoms with Crippen molar-refractivity contribution in [3.8, 4) is 0 Å². The number of ether oxygens (including phenoxy) is 1. The molecule has 1 aromatic rings. The number of benzene rings is 1. The van der Waals surface area contributed by atoms with Crippen LogP contribution in [0.25, 0.3) is 0 Å². The third-order valence-corrected chi connectivity index (χ3v) is 2.74. The first-order chi connectivity index (χ1) is 6.99. The zero-order valence-corrected chi connectivity index (χ0v) is 9.27. The number of thiocarbonyl (C=S) groups is 1. The van der Waals surface area contributed by atoms with Gasteiger partial charge in [-0.05, 0) is 38.1 Å². The molecule has 2 rings (SSSR count). The molecule has 4 heteroatoms. The summed E-state index contributed by atoms with van der Waals surface area (Å²) in [6, 6.07) is 5.99. The molecule has 0 N–H and O–H groups in total. The molecule has 0 radical (unpaired) electrons. The number of hydrogen-bond donors (Lipinski definition) is 0. The van der Waals surface area contributed by atoms with Crippen LogP contribution in [-0.4, -0.2) is 16.5 Å². The maximum atomic E-state index is 12.7. The SMILES string of the molecule is CC1(C)OC(c2ccc(F)cc2)=NC1=S. The molecule has 0 spiro atoms. The molecule has 15 heavy (non-hydrogen) atoms. The highest BCUT2D eigenvalue weighted by molar-refractivity contribution is 7.80. The van der Waals surface area contributed by atoms with Gasteiger partial charge in [0.05, 0.1) is 0 Å². The largest absolute Gasteiger partial charge is 0.464 e. The Balaban J connectivity index is 2.31. The van der Waals surface area contributed by atoms with Crippen molar-refractivity contribution in [2.75, 3.05) is 0 Å². The zero-order valence-electron chi connectivity index (χ0n) is 8.45. The van der Waals surface area contributed by atoms with Crippen LogP contribution in [0.2, 0.25) is 0 Å². The zero-order chi connectivity index (χ0) is 11.1. The number of rotatable bonds is 1. The summed E-state index contributed by atoms with van der Waals surface area (Å²) in [6.07, 6.45) is 0. The van der Waals surface area contributed by atoms with Crippen molar-refractivity contribution >= 4 is 23.1 Å². The van der Waals surface area contributed by atoms with Crippen LogP contribution in [0.15, 0.2) is 29.3 Å². The molecule has 1 aromatic carbocycles. The van der Waals surface area contributed by atoms with Crippen molar-refractivity contribution in [3.63, 3.8) is 0 Å². The van der Waals surface area contributed by atoms with E-state index in [2.05, 4.69) is 4.99 Å². The van der Waals surface area contributed by atoms with Gasteiger partial charge in [-0.2, -0.15) is 0 Å². The maximum absolute atomic E-state index is 12.7. The molecule has 1 aliphatic heterocycles. The van der Waals surface area contributed by atoms with Crippen molar-refractivity contribution in [1.29, 1.82) is 0 Å². The first kappa shape index (κ1) is 10.2. The maximum Gasteiger partial charge on any atom is 0.222 e. The average molecular weight is 223 g/mol. The topological polar surface area (TPSA) is 21.6 Å². The van der Waals surface area contributed by atoms with Gasteiger partial charge in [-0.1, -0.05) is 12.2 Å². The van der Waals surface area contributed by atoms with Crippen LogP contribution < -0.4 is 0 Å². The summed E-state index contributed by atoms with van der Waals surface area (Å²) in [7, 11) is 0. The van der Waals surface area contributed by atoms with Crippen molar-refractivity contribution in [3.05, 3.63) is 35.6 Å². The molecule has 0 fully saturated rings. The molecule has 78 valence electrons. The summed E-state index contributed by atoms with van der Waals surface area (Å²) in [5, 5.41) is 0. The lowest BCUT2D eigenvalue weighted by molar-refractivity contribution is 0.185. The van der Waals surface area contributed by atoms with E-state index in [0.717, 1.165) is 5.56 Å². The van der Waals surface area contributed by atoms with Crippen molar-refractivity contribution in [2.45, 2.75) is 19.4 Å². The Morgan fingerprint density at radius 1 is 1.27 bits per heavy atom. The second-order valence-electron chi connectivity index (χ2n) is 3.84. The van der Waals surface area contributed by atoms with Gasteiger partial charge in [-0.3, -0.25) is 0 Å². The minimum absolute atomic E-state index is 0.279. The summed E-state index contributed by atoms with van der Waals surface area (Å²) >= 11 is 5.07. The molecule has 0 bridgehead atoms. The Kier molecular flexibility index (Phi) is 2.31. The summed E-state index contributed by atoms with van der Waals surface area (Å²) in [5.41, 5.74) is 0.198. The van der Waals surface area contributed by atoms with E-state index < -0.39 is 5.60 Å². The van der Waals surface area contributed by atoms with Crippen molar-refractivity contribution in [2.24, 2.45) is 4.99 Å². The summed E-state index contributed by atoms with van der Waals surface area (Å²) in [5.74, 6) is 0.184. The number of nitrogens with zero attached hydrogens (tertiary/aromatic N) is 1. The lowest BCUT2D eigenvalue weighted by Gasteiger charge is -2.17. The fourth-order valence-electron chi connectivity index (χ4n) is 1.25. The van der Waals surface area contributed by atoms with Crippen LogP contribution in [0.3, 0.4) is 0 Å². The molecule has 2 nitrogen and oxygen atoms in total. The van der Waals surface area contributed by atoms with Crippen molar-refractivity contribution < 1.29 is 9.13 Å². The summed E-state index contributed by atoms with van der Waals surface area (Å²) in [4.78, 5) is 4.66. The van der Waals surface area contributed by atoms with E-state index in [1.807, 2.05) is 13.8 Å². The molecule has 1 heterocycles. The second-order valence-corrected chi connectivity index (χ2v) is 4.23. The smallest absolute Gasteiger partial charge is 0.222 e. The molecule has 0 amide bonds. The second kappa shape index (κ2) is 3.38. The molecule has 1 aliphatic rings. The van der Waals surface area contributed by atoms with Gasteiger partial charge < -0.3 is 4.74 Å². The van der Waals surface area contributed by atoms with Gasteiger partial charge in [0.1, 0.15) is 5.82 Å². The van der Waals surface area contributed by atoms with E-state index in [1.54, 1.807) is 12.1 Å². The van der Waals surface area contributed by atoms with Crippen LogP contribution in [-0.2, 0) is 4.74 Å². The minimum atomic E-state index is -0.543. The highest BCUT2D eigenvalue weighted by Crippen LogP contribution is 2.23. The fraction of sp³-hybridized carbons (Fsp3) is 0.273. The van der Waals surface area contributed by atoms with Crippen LogP contribution in [0.4, 0.5) is 4.39 Å². The normalized spacial score (nSPS) is 18.6. The number of hydrogen-bond acceptors (Lipinski definition) is 2. The van der Waals surface area contributed by atoms with Crippen LogP contribution in [0, 0.1) is 5.82 Å². The van der Waals surface area contributed by atoms with Gasteiger partial charge in [0.15, 0.2) is 10.6 Å². The monoisotopic (exact) mass is 223 g/mol. The molecule has 0 unspecified atom stereocenters. The van der Waals surface area contributed by atoms with E-state index >= 15 is 0 Å². The quantitative estimate of drug-likeness (QED) is 0.683. The lowest BCUT2D eigenvalue weighted by atomic mass is 10.1. The number of halogens is 1. The van der Waals surface area contributed by atoms with Gasteiger partial charge >= 0.3 is 0 Å². The van der Waals surface area contributed by atoms with Gasteiger partial charge in [0.2, 0.25) is 5.90 Å². The van der Waals surface area contributed by atoms with Gasteiger partial charge in [0, 0.05) is 5.56 Å². The van der Waals surface area contributed by atoms with Crippen LogP contribution >= 0.6 is 12.2 Å². The van der Waals surface area contributed by atoms with Gasteiger partial charge in [-0.15, -0.1) is 0 Å². The van der Waals surface area contributed by atoms with Crippen molar-refractivity contribution in [1.82, 2.24) is 0 Å². The highest BCUT2D eigenvalue weighted by Gasteiger charge is 2.33. The molecule has 0 saturated carbocycles. The Morgan fingerprint density at radius 2 is 1.87 bits per heavy atom. The minimum Gasteiger partial charge on any atom is -0.464 e. The van der Waals surface area contributed by atoms with Gasteiger partial charge in [0.25, 0.3) is 0 Å². The lowest BCUT2D eigenvalue weighted by Crippen LogP contribution is -2.27. The third kappa shape index (κ3) is 1.90. The fourth-order valence-corrected chi connectivity index (χ4v) is 1.38. The van der Waals surface area contributed by atoms with Crippen LogP contribution in [0.1, 0.15) is 19.4 Å². The number of aliphatic imine (C=N–C) groups is 1. The summed E-state index contributed by atoms with van der Waals surface area (Å²) in [6.45, 7) is 3.71.